The Morgan fingerprint density at radius 2 is 1.65 bits per heavy atom. The summed E-state index contributed by atoms with van der Waals surface area (Å²) in [5, 5.41) is 0. The van der Waals surface area contributed by atoms with Crippen LogP contribution in [-0.2, 0) is 20.9 Å². The van der Waals surface area contributed by atoms with Crippen molar-refractivity contribution in [1.82, 2.24) is 4.57 Å². The third kappa shape index (κ3) is 4.01. The van der Waals surface area contributed by atoms with Crippen molar-refractivity contribution in [3.63, 3.8) is 0 Å². The molecule has 0 N–H and O–H groups in total. The Balaban J connectivity index is 1.94. The smallest absolute Gasteiger partial charge is 0.325 e. The lowest BCUT2D eigenvalue weighted by molar-refractivity contribution is -0.141. The molecule has 1 amide bonds. The predicted molar refractivity (Wildman–Crippen MR) is 127 cm³/mol. The molecule has 1 atom stereocenters. The normalized spacial score (nSPS) is 15.0. The number of para-hydroxylation sites is 1. The SMILES string of the molecule is COC(=O)Cn1c2c(sc1=O)C(c1cc(OC)c(OC)c(OC)c1)CC(=O)N2c1ccccc1. The van der Waals surface area contributed by atoms with E-state index >= 15 is 0 Å². The first-order chi connectivity index (χ1) is 16.4. The van der Waals surface area contributed by atoms with Crippen LogP contribution in [0.1, 0.15) is 22.8 Å². The van der Waals surface area contributed by atoms with Crippen molar-refractivity contribution in [2.24, 2.45) is 0 Å². The second-order valence-corrected chi connectivity index (χ2v) is 8.49. The number of hydrogen-bond donors (Lipinski definition) is 0. The number of fused-ring (bicyclic) bond motifs is 1. The number of esters is 1. The van der Waals surface area contributed by atoms with Gasteiger partial charge in [0.15, 0.2) is 11.5 Å². The highest BCUT2D eigenvalue weighted by Gasteiger charge is 2.39. The van der Waals surface area contributed by atoms with Gasteiger partial charge in [0.1, 0.15) is 12.4 Å². The van der Waals surface area contributed by atoms with Gasteiger partial charge in [-0.05, 0) is 29.8 Å². The van der Waals surface area contributed by atoms with E-state index in [0.717, 1.165) is 16.9 Å². The summed E-state index contributed by atoms with van der Waals surface area (Å²) in [4.78, 5) is 40.4. The van der Waals surface area contributed by atoms with Crippen LogP contribution in [0.2, 0.25) is 0 Å². The van der Waals surface area contributed by atoms with E-state index < -0.39 is 11.9 Å². The van der Waals surface area contributed by atoms with Crippen LogP contribution < -0.4 is 24.0 Å². The average Bonchev–Trinajstić information content (AvgIpc) is 3.18. The van der Waals surface area contributed by atoms with Crippen LogP contribution in [0, 0.1) is 0 Å². The average molecular weight is 485 g/mol. The fourth-order valence-corrected chi connectivity index (χ4v) is 5.20. The number of rotatable bonds is 7. The highest BCUT2D eigenvalue weighted by atomic mass is 32.1. The number of carbonyl (C=O) groups excluding carboxylic acids is 2. The summed E-state index contributed by atoms with van der Waals surface area (Å²) in [6.07, 6.45) is 0.110. The Bertz CT molecular complexity index is 1260. The van der Waals surface area contributed by atoms with E-state index in [1.54, 1.807) is 24.3 Å². The molecule has 0 saturated carbocycles. The molecular formula is C24H24N2O7S. The standard InChI is InChI=1S/C24H24N2O7S/c1-30-17-10-14(11-18(31-2)21(17)33-4)16-12-19(27)26(15-8-6-5-7-9-15)23-22(16)34-24(29)25(23)13-20(28)32-3/h5-11,16H,12-13H2,1-4H3. The monoisotopic (exact) mass is 484 g/mol. The van der Waals surface area contributed by atoms with E-state index in [2.05, 4.69) is 0 Å². The second-order valence-electron chi connectivity index (χ2n) is 7.50. The lowest BCUT2D eigenvalue weighted by atomic mass is 9.90. The van der Waals surface area contributed by atoms with Crippen LogP contribution >= 0.6 is 11.3 Å². The number of ether oxygens (including phenoxy) is 4. The first kappa shape index (κ1) is 23.4. The minimum absolute atomic E-state index is 0.110. The summed E-state index contributed by atoms with van der Waals surface area (Å²) in [7, 11) is 5.80. The van der Waals surface area contributed by atoms with Crippen LogP contribution in [0.3, 0.4) is 0 Å². The summed E-state index contributed by atoms with van der Waals surface area (Å²) >= 11 is 1.00. The summed E-state index contributed by atoms with van der Waals surface area (Å²) in [5.41, 5.74) is 1.33. The number of amides is 1. The molecule has 1 aliphatic rings. The number of aromatic nitrogens is 1. The van der Waals surface area contributed by atoms with Crippen molar-refractivity contribution in [2.45, 2.75) is 18.9 Å². The highest BCUT2D eigenvalue weighted by molar-refractivity contribution is 7.10. The first-order valence-corrected chi connectivity index (χ1v) is 11.2. The maximum atomic E-state index is 13.5. The van der Waals surface area contributed by atoms with Crippen molar-refractivity contribution in [2.75, 3.05) is 33.3 Å². The summed E-state index contributed by atoms with van der Waals surface area (Å²) < 4.78 is 22.5. The molecule has 0 fully saturated rings. The molecule has 0 aliphatic carbocycles. The molecule has 10 heteroatoms. The fourth-order valence-electron chi connectivity index (χ4n) is 4.10. The van der Waals surface area contributed by atoms with Gasteiger partial charge in [0.25, 0.3) is 0 Å². The topological polar surface area (TPSA) is 96.3 Å². The summed E-state index contributed by atoms with van der Waals surface area (Å²) in [6, 6.07) is 12.6. The van der Waals surface area contributed by atoms with E-state index in [-0.39, 0.29) is 23.7 Å². The molecular weight excluding hydrogens is 460 g/mol. The third-order valence-electron chi connectivity index (χ3n) is 5.67. The molecule has 0 saturated heterocycles. The minimum atomic E-state index is -0.585. The van der Waals surface area contributed by atoms with Crippen molar-refractivity contribution in [1.29, 1.82) is 0 Å². The zero-order valence-electron chi connectivity index (χ0n) is 19.2. The van der Waals surface area contributed by atoms with Crippen molar-refractivity contribution in [3.8, 4) is 17.2 Å². The number of methoxy groups -OCH3 is 4. The van der Waals surface area contributed by atoms with E-state index in [1.807, 2.05) is 18.2 Å². The number of thiazole rings is 1. The molecule has 1 aliphatic heterocycles. The number of nitrogens with zero attached hydrogens (tertiary/aromatic N) is 2. The Hall–Kier alpha value is -3.79. The molecule has 9 nitrogen and oxygen atoms in total. The molecule has 2 heterocycles. The molecule has 1 unspecified atom stereocenters. The Morgan fingerprint density at radius 3 is 2.21 bits per heavy atom. The molecule has 0 radical (unpaired) electrons. The maximum Gasteiger partial charge on any atom is 0.325 e. The molecule has 0 spiro atoms. The van der Waals surface area contributed by atoms with Gasteiger partial charge in [-0.1, -0.05) is 29.5 Å². The summed E-state index contributed by atoms with van der Waals surface area (Å²) in [6.45, 7) is -0.306. The van der Waals surface area contributed by atoms with E-state index in [1.165, 1.54) is 37.9 Å². The van der Waals surface area contributed by atoms with Crippen molar-refractivity contribution in [3.05, 3.63) is 62.6 Å². The van der Waals surface area contributed by atoms with E-state index in [4.69, 9.17) is 18.9 Å². The number of hydrogen-bond acceptors (Lipinski definition) is 8. The van der Waals surface area contributed by atoms with Crippen LogP contribution in [0.4, 0.5) is 11.5 Å². The van der Waals surface area contributed by atoms with Crippen molar-refractivity contribution >= 4 is 34.7 Å². The van der Waals surface area contributed by atoms with Gasteiger partial charge in [0.2, 0.25) is 11.7 Å². The zero-order chi connectivity index (χ0) is 24.4. The van der Waals surface area contributed by atoms with Gasteiger partial charge in [0.05, 0.1) is 39.0 Å². The van der Waals surface area contributed by atoms with Crippen LogP contribution in [0.15, 0.2) is 47.3 Å². The summed E-state index contributed by atoms with van der Waals surface area (Å²) in [5.74, 6) is 0.426. The fraction of sp³-hybridized carbons (Fsp3) is 0.292. The number of anilines is 2. The van der Waals surface area contributed by atoms with Crippen LogP contribution in [-0.4, -0.2) is 44.9 Å². The highest BCUT2D eigenvalue weighted by Crippen LogP contribution is 2.48. The van der Waals surface area contributed by atoms with E-state index in [0.29, 0.717) is 33.6 Å². The Labute approximate surface area is 200 Å². The maximum absolute atomic E-state index is 13.5. The molecule has 4 rings (SSSR count). The molecule has 2 aromatic carbocycles. The van der Waals surface area contributed by atoms with Crippen LogP contribution in [0.25, 0.3) is 0 Å². The Kier molecular flexibility index (Phi) is 6.60. The van der Waals surface area contributed by atoms with Crippen molar-refractivity contribution < 1.29 is 28.5 Å². The van der Waals surface area contributed by atoms with Gasteiger partial charge in [-0.2, -0.15) is 0 Å². The second kappa shape index (κ2) is 9.60. The van der Waals surface area contributed by atoms with Gasteiger partial charge in [-0.25, -0.2) is 0 Å². The first-order valence-electron chi connectivity index (χ1n) is 10.4. The Morgan fingerprint density at radius 1 is 1.00 bits per heavy atom. The van der Waals surface area contributed by atoms with Gasteiger partial charge in [-0.3, -0.25) is 23.9 Å². The third-order valence-corrected chi connectivity index (χ3v) is 6.75. The van der Waals surface area contributed by atoms with Gasteiger partial charge < -0.3 is 18.9 Å². The number of carbonyl (C=O) groups is 2. The zero-order valence-corrected chi connectivity index (χ0v) is 20.0. The minimum Gasteiger partial charge on any atom is -0.493 e. The van der Waals surface area contributed by atoms with Crippen LogP contribution in [0.5, 0.6) is 17.2 Å². The quantitative estimate of drug-likeness (QED) is 0.475. The number of benzene rings is 2. The van der Waals surface area contributed by atoms with Gasteiger partial charge in [-0.15, -0.1) is 0 Å². The molecule has 34 heavy (non-hydrogen) atoms. The molecule has 0 bridgehead atoms. The lowest BCUT2D eigenvalue weighted by Gasteiger charge is -2.33. The molecule has 178 valence electrons. The van der Waals surface area contributed by atoms with Gasteiger partial charge >= 0.3 is 10.8 Å². The van der Waals surface area contributed by atoms with E-state index in [9.17, 15) is 14.4 Å². The predicted octanol–water partition coefficient (Wildman–Crippen LogP) is 3.31. The molecule has 3 aromatic rings. The molecule has 1 aromatic heterocycles. The largest absolute Gasteiger partial charge is 0.493 e. The lowest BCUT2D eigenvalue weighted by Crippen LogP contribution is -2.36. The van der Waals surface area contributed by atoms with Gasteiger partial charge in [0, 0.05) is 12.3 Å².